The zero-order valence-electron chi connectivity index (χ0n) is 12.8. The second kappa shape index (κ2) is 5.97. The van der Waals surface area contributed by atoms with Gasteiger partial charge in [0.25, 0.3) is 0 Å². The van der Waals surface area contributed by atoms with Crippen molar-refractivity contribution in [3.63, 3.8) is 0 Å². The van der Waals surface area contributed by atoms with Crippen LogP contribution in [0, 0.1) is 6.92 Å². The summed E-state index contributed by atoms with van der Waals surface area (Å²) in [6, 6.07) is 7.18. The van der Waals surface area contributed by atoms with E-state index in [0.717, 1.165) is 5.56 Å². The summed E-state index contributed by atoms with van der Waals surface area (Å²) in [6.45, 7) is 1.90. The van der Waals surface area contributed by atoms with E-state index in [1.165, 1.54) is 0 Å². The molecule has 0 saturated carbocycles. The third-order valence-electron chi connectivity index (χ3n) is 4.09. The molecule has 8 heteroatoms. The summed E-state index contributed by atoms with van der Waals surface area (Å²) in [5.41, 5.74) is 3.25. The van der Waals surface area contributed by atoms with Gasteiger partial charge >= 0.3 is 0 Å². The van der Waals surface area contributed by atoms with Crippen molar-refractivity contribution in [2.24, 2.45) is 4.99 Å². The molecule has 1 aromatic heterocycles. The molecule has 0 fully saturated rings. The Kier molecular flexibility index (Phi) is 4.13. The van der Waals surface area contributed by atoms with Gasteiger partial charge in [-0.05, 0) is 36.8 Å². The van der Waals surface area contributed by atoms with Gasteiger partial charge in [-0.25, -0.2) is 4.99 Å². The van der Waals surface area contributed by atoms with Gasteiger partial charge in [0.05, 0.1) is 39.6 Å². The molecule has 0 unspecified atom stereocenters. The van der Waals surface area contributed by atoms with E-state index >= 15 is 0 Å². The van der Waals surface area contributed by atoms with Crippen LogP contribution in [-0.4, -0.2) is 19.4 Å². The van der Waals surface area contributed by atoms with E-state index in [1.54, 1.807) is 21.0 Å². The Balaban J connectivity index is 2.01. The number of carbonyl (C=O) groups is 1. The fourth-order valence-electron chi connectivity index (χ4n) is 3.03. The monoisotopic (exact) mass is 498 g/mol. The zero-order valence-corrected chi connectivity index (χ0v) is 17.6. The number of carbonyl (C=O) groups excluding carboxylic acids is 1. The number of halogens is 1. The van der Waals surface area contributed by atoms with Crippen molar-refractivity contribution in [1.29, 1.82) is 0 Å². The van der Waals surface area contributed by atoms with Gasteiger partial charge in [0.1, 0.15) is 11.4 Å². The van der Waals surface area contributed by atoms with Crippen LogP contribution in [-0.2, 0) is 0 Å². The SMILES string of the molecule is Cc1cc(S)c2c(c1)C(=O)C(c1c(O)c3cc(S)cc(S)c3n1I)=N2. The van der Waals surface area contributed by atoms with Gasteiger partial charge in [0, 0.05) is 20.1 Å². The Morgan fingerprint density at radius 1 is 1.12 bits per heavy atom. The lowest BCUT2D eigenvalue weighted by Gasteiger charge is -2.03. The minimum Gasteiger partial charge on any atom is -0.505 e. The molecule has 0 radical (unpaired) electrons. The van der Waals surface area contributed by atoms with Crippen molar-refractivity contribution < 1.29 is 9.90 Å². The average Bonchev–Trinajstić information content (AvgIpc) is 2.96. The van der Waals surface area contributed by atoms with Gasteiger partial charge < -0.3 is 5.11 Å². The molecule has 4 nitrogen and oxygen atoms in total. The molecule has 1 aliphatic rings. The minimum absolute atomic E-state index is 0.00653. The van der Waals surface area contributed by atoms with E-state index in [4.69, 9.17) is 0 Å². The van der Waals surface area contributed by atoms with Gasteiger partial charge in [-0.3, -0.25) is 7.58 Å². The van der Waals surface area contributed by atoms with E-state index in [9.17, 15) is 9.90 Å². The lowest BCUT2D eigenvalue weighted by atomic mass is 10.0. The molecule has 25 heavy (non-hydrogen) atoms. The van der Waals surface area contributed by atoms with Crippen molar-refractivity contribution in [3.05, 3.63) is 41.1 Å². The molecule has 0 atom stereocenters. The van der Waals surface area contributed by atoms with Crippen molar-refractivity contribution in [2.75, 3.05) is 0 Å². The van der Waals surface area contributed by atoms with Crippen LogP contribution in [0.2, 0.25) is 0 Å². The van der Waals surface area contributed by atoms with Gasteiger partial charge in [0.2, 0.25) is 5.78 Å². The van der Waals surface area contributed by atoms with Crippen LogP contribution in [0.1, 0.15) is 21.6 Å². The maximum absolute atomic E-state index is 12.9. The molecule has 1 aliphatic heterocycles. The number of fused-ring (bicyclic) bond motifs is 2. The van der Waals surface area contributed by atoms with E-state index in [-0.39, 0.29) is 17.2 Å². The van der Waals surface area contributed by atoms with Crippen LogP contribution in [0.5, 0.6) is 5.75 Å². The molecular weight excluding hydrogens is 487 g/mol. The van der Waals surface area contributed by atoms with E-state index < -0.39 is 0 Å². The normalized spacial score (nSPS) is 13.5. The predicted molar refractivity (Wildman–Crippen MR) is 116 cm³/mol. The number of ketones is 1. The molecular formula is C17H11IN2O2S3. The molecule has 4 rings (SSSR count). The van der Waals surface area contributed by atoms with Gasteiger partial charge in [-0.15, -0.1) is 37.9 Å². The Morgan fingerprint density at radius 2 is 1.84 bits per heavy atom. The second-order valence-corrected chi connectivity index (χ2v) is 8.25. The van der Waals surface area contributed by atoms with Crippen molar-refractivity contribution in [3.8, 4) is 5.75 Å². The predicted octanol–water partition coefficient (Wildman–Crippen LogP) is 5.04. The first-order valence-corrected chi connectivity index (χ1v) is 9.53. The van der Waals surface area contributed by atoms with Crippen LogP contribution in [0.25, 0.3) is 10.9 Å². The van der Waals surface area contributed by atoms with Crippen LogP contribution in [0.15, 0.2) is 43.9 Å². The number of aryl methyl sites for hydroxylation is 1. The highest BCUT2D eigenvalue weighted by molar-refractivity contribution is 14.1. The maximum Gasteiger partial charge on any atom is 0.215 e. The van der Waals surface area contributed by atoms with Gasteiger partial charge in [-0.2, -0.15) is 0 Å². The number of rotatable bonds is 1. The smallest absolute Gasteiger partial charge is 0.215 e. The van der Waals surface area contributed by atoms with Crippen molar-refractivity contribution in [1.82, 2.24) is 2.78 Å². The third-order valence-corrected chi connectivity index (χ3v) is 5.99. The van der Waals surface area contributed by atoms with E-state index in [2.05, 4.69) is 42.9 Å². The summed E-state index contributed by atoms with van der Waals surface area (Å²) in [6.07, 6.45) is 0. The molecule has 0 saturated heterocycles. The fraction of sp³-hybridized carbons (Fsp3) is 0.0588. The third kappa shape index (κ3) is 2.53. The van der Waals surface area contributed by atoms with Crippen LogP contribution in [0.4, 0.5) is 5.69 Å². The molecule has 3 aromatic rings. The zero-order chi connectivity index (χ0) is 18.0. The lowest BCUT2D eigenvalue weighted by Crippen LogP contribution is -2.13. The number of hydrogen-bond acceptors (Lipinski definition) is 6. The number of aliphatic imine (C=N–C) groups is 1. The Morgan fingerprint density at radius 3 is 2.56 bits per heavy atom. The topological polar surface area (TPSA) is 54.6 Å². The highest BCUT2D eigenvalue weighted by Gasteiger charge is 2.33. The summed E-state index contributed by atoms with van der Waals surface area (Å²) >= 11 is 15.3. The second-order valence-electron chi connectivity index (χ2n) is 5.81. The number of aromatic nitrogens is 1. The van der Waals surface area contributed by atoms with Crippen LogP contribution in [0.3, 0.4) is 0 Å². The van der Waals surface area contributed by atoms with E-state index in [0.29, 0.717) is 42.5 Å². The molecule has 0 bridgehead atoms. The first-order chi connectivity index (χ1) is 11.8. The summed E-state index contributed by atoms with van der Waals surface area (Å²) in [7, 11) is 0. The minimum atomic E-state index is -0.225. The lowest BCUT2D eigenvalue weighted by molar-refractivity contribution is 0.106. The average molecular weight is 498 g/mol. The summed E-state index contributed by atoms with van der Waals surface area (Å²) < 4.78 is 1.71. The van der Waals surface area contributed by atoms with Crippen LogP contribution < -0.4 is 0 Å². The number of Topliss-reactive ketones (excluding diaryl/α,β-unsaturated/α-hetero) is 1. The number of hydrogen-bond donors (Lipinski definition) is 4. The number of thiol groups is 3. The van der Waals surface area contributed by atoms with Gasteiger partial charge in [0.15, 0.2) is 5.75 Å². The Hall–Kier alpha value is -1.10. The molecule has 2 aromatic carbocycles. The van der Waals surface area contributed by atoms with Crippen LogP contribution >= 0.6 is 60.8 Å². The first kappa shape index (κ1) is 17.3. The quantitative estimate of drug-likeness (QED) is 0.281. The van der Waals surface area contributed by atoms with E-state index in [1.807, 2.05) is 35.9 Å². The van der Waals surface area contributed by atoms with Gasteiger partial charge in [-0.1, -0.05) is 0 Å². The molecule has 0 amide bonds. The van der Waals surface area contributed by atoms with Crippen molar-refractivity contribution in [2.45, 2.75) is 21.6 Å². The summed E-state index contributed by atoms with van der Waals surface area (Å²) in [4.78, 5) is 19.4. The number of benzene rings is 2. The largest absolute Gasteiger partial charge is 0.505 e. The Bertz CT molecular complexity index is 1140. The van der Waals surface area contributed by atoms with Crippen molar-refractivity contribution >= 4 is 88.8 Å². The molecule has 126 valence electrons. The number of aromatic hydroxyl groups is 1. The fourth-order valence-corrected chi connectivity index (χ4v) is 5.29. The summed E-state index contributed by atoms with van der Waals surface area (Å²) in [5.74, 6) is -0.232. The molecule has 0 spiro atoms. The maximum atomic E-state index is 12.9. The molecule has 0 aliphatic carbocycles. The highest BCUT2D eigenvalue weighted by Crippen LogP contribution is 2.42. The standard InChI is InChI=1S/C17H11IN2O2S3/c1-6-2-8-12(10(24)3-6)19-13(16(8)21)15-17(22)9-4-7(23)5-11(25)14(9)20(15)18/h2-5,22-25H,1H3. The first-order valence-electron chi connectivity index (χ1n) is 7.22. The molecule has 2 heterocycles. The number of nitrogens with zero attached hydrogens (tertiary/aromatic N) is 2. The highest BCUT2D eigenvalue weighted by atomic mass is 127. The molecule has 1 N–H and O–H groups in total. The Labute approximate surface area is 174 Å². The summed E-state index contributed by atoms with van der Waals surface area (Å²) in [5, 5.41) is 11.3.